The van der Waals surface area contributed by atoms with E-state index in [1.165, 1.54) is 23.3 Å². The first-order chi connectivity index (χ1) is 13.8. The molecule has 2 aromatic carbocycles. The molecule has 1 aromatic heterocycles. The highest BCUT2D eigenvalue weighted by atomic mass is 79.9. The summed E-state index contributed by atoms with van der Waals surface area (Å²) in [6, 6.07) is 23.3. The van der Waals surface area contributed by atoms with Crippen molar-refractivity contribution < 1.29 is 4.42 Å². The number of hydrazone groups is 1. The summed E-state index contributed by atoms with van der Waals surface area (Å²) in [4.78, 5) is 0. The zero-order chi connectivity index (χ0) is 18.9. The molecule has 28 heavy (non-hydrogen) atoms. The van der Waals surface area contributed by atoms with E-state index >= 15 is 0 Å². The van der Waals surface area contributed by atoms with Crippen LogP contribution in [-0.4, -0.2) is 5.71 Å². The fourth-order valence-electron chi connectivity index (χ4n) is 4.33. The van der Waals surface area contributed by atoms with Gasteiger partial charge in [0, 0.05) is 10.4 Å². The molecule has 3 aromatic rings. The Morgan fingerprint density at radius 2 is 1.82 bits per heavy atom. The summed E-state index contributed by atoms with van der Waals surface area (Å²) in [5, 5.41) is 7.36. The minimum Gasteiger partial charge on any atom is -0.465 e. The van der Waals surface area contributed by atoms with Crippen LogP contribution >= 0.6 is 15.9 Å². The lowest BCUT2D eigenvalue weighted by Gasteiger charge is -2.30. The number of allylic oxidation sites excluding steroid dienone is 1. The van der Waals surface area contributed by atoms with Crippen LogP contribution in [0.25, 0.3) is 6.08 Å². The Morgan fingerprint density at radius 1 is 1.00 bits per heavy atom. The Morgan fingerprint density at radius 3 is 2.57 bits per heavy atom. The van der Waals surface area contributed by atoms with E-state index in [9.17, 15) is 0 Å². The third-order valence-electron chi connectivity index (χ3n) is 5.59. The van der Waals surface area contributed by atoms with E-state index < -0.39 is 0 Å². The number of halogens is 1. The van der Waals surface area contributed by atoms with Gasteiger partial charge < -0.3 is 4.42 Å². The van der Waals surface area contributed by atoms with E-state index in [-0.39, 0.29) is 6.04 Å². The molecule has 1 fully saturated rings. The van der Waals surface area contributed by atoms with Gasteiger partial charge in [-0.05, 0) is 72.9 Å². The highest BCUT2D eigenvalue weighted by molar-refractivity contribution is 9.10. The number of rotatable bonds is 3. The van der Waals surface area contributed by atoms with Gasteiger partial charge in [-0.25, -0.2) is 0 Å². The van der Waals surface area contributed by atoms with Gasteiger partial charge in [0.2, 0.25) is 0 Å². The predicted molar refractivity (Wildman–Crippen MR) is 117 cm³/mol. The topological polar surface area (TPSA) is 28.7 Å². The summed E-state index contributed by atoms with van der Waals surface area (Å²) >= 11 is 3.56. The van der Waals surface area contributed by atoms with Crippen LogP contribution < -0.4 is 5.01 Å². The van der Waals surface area contributed by atoms with Crippen molar-refractivity contribution in [2.45, 2.75) is 25.3 Å². The maximum atomic E-state index is 5.57. The molecular weight excluding hydrogens is 412 g/mol. The number of anilines is 1. The number of hydrogen-bond acceptors (Lipinski definition) is 3. The van der Waals surface area contributed by atoms with Crippen LogP contribution in [0.15, 0.2) is 92.6 Å². The molecule has 0 amide bonds. The molecular formula is C24H21BrN2O. The minimum absolute atomic E-state index is 0.214. The third-order valence-corrected chi connectivity index (χ3v) is 6.12. The lowest BCUT2D eigenvalue weighted by molar-refractivity contribution is 0.487. The van der Waals surface area contributed by atoms with Gasteiger partial charge in [0.05, 0.1) is 23.7 Å². The van der Waals surface area contributed by atoms with E-state index in [1.54, 1.807) is 6.26 Å². The fraction of sp³-hybridized carbons (Fsp3) is 0.208. The standard InChI is InChI=1S/C24H21BrN2O/c25-19-13-11-17(12-14-19)24-22-10-4-6-18(16-21-9-5-15-28-21)23(22)26-27(24)20-7-2-1-3-8-20/h1-3,5,7-9,11-16,22,24H,4,6,10H2/b18-16+/t22-,24+/m1/s1. The molecule has 2 heterocycles. The SMILES string of the molecule is Brc1ccc([C@H]2[C@@H]3CCC/C(=C\c4ccco4)C3=NN2c2ccccc2)cc1. The van der Waals surface area contributed by atoms with Crippen LogP contribution in [0.1, 0.15) is 36.6 Å². The van der Waals surface area contributed by atoms with Crippen molar-refractivity contribution in [3.05, 3.63) is 94.4 Å². The van der Waals surface area contributed by atoms with Crippen LogP contribution in [0.3, 0.4) is 0 Å². The molecule has 2 aliphatic rings. The molecule has 3 nitrogen and oxygen atoms in total. The zero-order valence-electron chi connectivity index (χ0n) is 15.5. The van der Waals surface area contributed by atoms with Crippen molar-refractivity contribution in [1.82, 2.24) is 0 Å². The van der Waals surface area contributed by atoms with Gasteiger partial charge in [-0.3, -0.25) is 5.01 Å². The van der Waals surface area contributed by atoms with Crippen LogP contribution in [0.2, 0.25) is 0 Å². The predicted octanol–water partition coefficient (Wildman–Crippen LogP) is 6.84. The molecule has 4 heteroatoms. The van der Waals surface area contributed by atoms with Crippen molar-refractivity contribution in [1.29, 1.82) is 0 Å². The van der Waals surface area contributed by atoms with Gasteiger partial charge in [0.25, 0.3) is 0 Å². The van der Waals surface area contributed by atoms with Crippen molar-refractivity contribution >= 4 is 33.4 Å². The van der Waals surface area contributed by atoms with E-state index in [2.05, 4.69) is 81.6 Å². The normalized spacial score (nSPS) is 23.0. The average Bonchev–Trinajstić information content (AvgIpc) is 3.38. The number of furan rings is 1. The van der Waals surface area contributed by atoms with Gasteiger partial charge in [-0.1, -0.05) is 46.3 Å². The average molecular weight is 433 g/mol. The summed E-state index contributed by atoms with van der Waals surface area (Å²) in [7, 11) is 0. The summed E-state index contributed by atoms with van der Waals surface area (Å²) in [5.41, 5.74) is 4.94. The molecule has 1 saturated carbocycles. The molecule has 1 aliphatic carbocycles. The minimum atomic E-state index is 0.214. The second-order valence-electron chi connectivity index (χ2n) is 7.35. The van der Waals surface area contributed by atoms with Gasteiger partial charge in [0.15, 0.2) is 0 Å². The maximum absolute atomic E-state index is 5.57. The first-order valence-corrected chi connectivity index (χ1v) is 10.5. The Hall–Kier alpha value is -2.59. The van der Waals surface area contributed by atoms with Crippen LogP contribution in [0, 0.1) is 5.92 Å². The lowest BCUT2D eigenvalue weighted by atomic mass is 9.77. The quantitative estimate of drug-likeness (QED) is 0.452. The fourth-order valence-corrected chi connectivity index (χ4v) is 4.60. The van der Waals surface area contributed by atoms with Gasteiger partial charge >= 0.3 is 0 Å². The molecule has 5 rings (SSSR count). The van der Waals surface area contributed by atoms with E-state index in [0.29, 0.717) is 5.92 Å². The number of para-hydroxylation sites is 1. The summed E-state index contributed by atoms with van der Waals surface area (Å²) in [6.45, 7) is 0. The molecule has 0 spiro atoms. The number of benzene rings is 2. The Bertz CT molecular complexity index is 1010. The summed E-state index contributed by atoms with van der Waals surface area (Å²) in [5.74, 6) is 1.29. The molecule has 140 valence electrons. The Balaban J connectivity index is 1.60. The second kappa shape index (κ2) is 7.44. The van der Waals surface area contributed by atoms with Crippen molar-refractivity contribution in [3.8, 4) is 0 Å². The highest BCUT2D eigenvalue weighted by Gasteiger charge is 2.41. The highest BCUT2D eigenvalue weighted by Crippen LogP contribution is 2.46. The zero-order valence-corrected chi connectivity index (χ0v) is 17.0. The van der Waals surface area contributed by atoms with E-state index in [0.717, 1.165) is 28.8 Å². The van der Waals surface area contributed by atoms with Crippen LogP contribution in [0.4, 0.5) is 5.69 Å². The monoisotopic (exact) mass is 432 g/mol. The molecule has 0 bridgehead atoms. The van der Waals surface area contributed by atoms with E-state index in [4.69, 9.17) is 9.52 Å². The molecule has 1 aliphatic heterocycles. The van der Waals surface area contributed by atoms with Gasteiger partial charge in [-0.2, -0.15) is 5.10 Å². The third kappa shape index (κ3) is 3.22. The number of fused-ring (bicyclic) bond motifs is 1. The molecule has 0 saturated heterocycles. The van der Waals surface area contributed by atoms with Crippen LogP contribution in [-0.2, 0) is 0 Å². The first-order valence-electron chi connectivity index (χ1n) is 9.72. The largest absolute Gasteiger partial charge is 0.465 e. The molecule has 2 atom stereocenters. The summed E-state index contributed by atoms with van der Waals surface area (Å²) < 4.78 is 6.67. The van der Waals surface area contributed by atoms with Gasteiger partial charge in [-0.15, -0.1) is 0 Å². The maximum Gasteiger partial charge on any atom is 0.126 e. The smallest absolute Gasteiger partial charge is 0.126 e. The number of hydrogen-bond donors (Lipinski definition) is 0. The second-order valence-corrected chi connectivity index (χ2v) is 8.26. The molecule has 0 N–H and O–H groups in total. The van der Waals surface area contributed by atoms with Gasteiger partial charge in [0.1, 0.15) is 5.76 Å². The van der Waals surface area contributed by atoms with E-state index in [1.807, 2.05) is 12.1 Å². The molecule has 0 unspecified atom stereocenters. The molecule has 0 radical (unpaired) electrons. The van der Waals surface area contributed by atoms with Crippen molar-refractivity contribution in [3.63, 3.8) is 0 Å². The first kappa shape index (κ1) is 17.5. The Labute approximate surface area is 173 Å². The lowest BCUT2D eigenvalue weighted by Crippen LogP contribution is -2.28. The number of nitrogens with zero attached hydrogens (tertiary/aromatic N) is 2. The van der Waals surface area contributed by atoms with Crippen LogP contribution in [0.5, 0.6) is 0 Å². The Kier molecular flexibility index (Phi) is 4.65. The summed E-state index contributed by atoms with van der Waals surface area (Å²) in [6.07, 6.45) is 7.26. The van der Waals surface area contributed by atoms with Crippen molar-refractivity contribution in [2.24, 2.45) is 11.0 Å². The van der Waals surface area contributed by atoms with Crippen molar-refractivity contribution in [2.75, 3.05) is 5.01 Å².